The molecule has 0 aliphatic carbocycles. The Balaban J connectivity index is 1.94. The standard InChI is InChI=1S/C18H20N4O2S/c19-12-13-22(18-7-3-5-14-4-1-2-6-17(14)18)21-15-8-10-16(11-9-15)25(20,23)24/h1-11,21H,12-13,19H2,(H2,20,23,24). The zero-order valence-electron chi connectivity index (χ0n) is 13.6. The normalized spacial score (nSPS) is 11.4. The first-order chi connectivity index (χ1) is 12.0. The van der Waals surface area contributed by atoms with Crippen molar-refractivity contribution in [2.75, 3.05) is 23.5 Å². The fourth-order valence-electron chi connectivity index (χ4n) is 2.68. The van der Waals surface area contributed by atoms with Crippen LogP contribution in [-0.2, 0) is 10.0 Å². The van der Waals surface area contributed by atoms with E-state index < -0.39 is 10.0 Å². The molecule has 0 saturated carbocycles. The Hall–Kier alpha value is -2.61. The van der Waals surface area contributed by atoms with Gasteiger partial charge in [-0.25, -0.2) is 13.6 Å². The van der Waals surface area contributed by atoms with Crippen LogP contribution in [0.3, 0.4) is 0 Å². The first-order valence-corrected chi connectivity index (χ1v) is 9.38. The molecule has 7 heteroatoms. The maximum atomic E-state index is 11.4. The molecule has 25 heavy (non-hydrogen) atoms. The molecule has 0 aliphatic heterocycles. The monoisotopic (exact) mass is 356 g/mol. The third kappa shape index (κ3) is 3.90. The topological polar surface area (TPSA) is 101 Å². The number of primary sulfonamides is 1. The molecule has 3 aromatic carbocycles. The maximum Gasteiger partial charge on any atom is 0.238 e. The van der Waals surface area contributed by atoms with Crippen molar-refractivity contribution in [3.05, 3.63) is 66.7 Å². The van der Waals surface area contributed by atoms with E-state index in [1.54, 1.807) is 12.1 Å². The molecule has 0 aromatic heterocycles. The van der Waals surface area contributed by atoms with Crippen LogP contribution < -0.4 is 21.3 Å². The first kappa shape index (κ1) is 17.2. The summed E-state index contributed by atoms with van der Waals surface area (Å²) >= 11 is 0. The number of sulfonamides is 1. The number of rotatable bonds is 6. The van der Waals surface area contributed by atoms with Gasteiger partial charge in [0.2, 0.25) is 10.0 Å². The van der Waals surface area contributed by atoms with E-state index in [2.05, 4.69) is 23.6 Å². The van der Waals surface area contributed by atoms with Crippen LogP contribution in [0, 0.1) is 0 Å². The molecule has 6 nitrogen and oxygen atoms in total. The van der Waals surface area contributed by atoms with Gasteiger partial charge in [0.05, 0.1) is 22.8 Å². The smallest absolute Gasteiger partial charge is 0.238 e. The molecular formula is C18H20N4O2S. The van der Waals surface area contributed by atoms with Gasteiger partial charge in [-0.3, -0.25) is 10.4 Å². The quantitative estimate of drug-likeness (QED) is 0.588. The van der Waals surface area contributed by atoms with Crippen molar-refractivity contribution in [1.29, 1.82) is 0 Å². The lowest BCUT2D eigenvalue weighted by Crippen LogP contribution is -2.34. The largest absolute Gasteiger partial charge is 0.329 e. The molecule has 0 spiro atoms. The van der Waals surface area contributed by atoms with E-state index in [1.165, 1.54) is 12.1 Å². The van der Waals surface area contributed by atoms with Gasteiger partial charge in [-0.1, -0.05) is 36.4 Å². The molecule has 3 aromatic rings. The van der Waals surface area contributed by atoms with Crippen LogP contribution in [0.1, 0.15) is 0 Å². The van der Waals surface area contributed by atoms with Crippen molar-refractivity contribution < 1.29 is 8.42 Å². The summed E-state index contributed by atoms with van der Waals surface area (Å²) in [4.78, 5) is 0.0774. The van der Waals surface area contributed by atoms with E-state index in [1.807, 2.05) is 29.3 Å². The average Bonchev–Trinajstić information content (AvgIpc) is 2.60. The molecule has 0 aliphatic rings. The third-order valence-corrected chi connectivity index (χ3v) is 4.79. The number of anilines is 2. The molecule has 0 atom stereocenters. The lowest BCUT2D eigenvalue weighted by atomic mass is 10.1. The van der Waals surface area contributed by atoms with E-state index in [0.29, 0.717) is 13.1 Å². The number of hydrogen-bond acceptors (Lipinski definition) is 5. The SMILES string of the molecule is NCCN(Nc1ccc(S(N)(=O)=O)cc1)c1cccc2ccccc12. The van der Waals surface area contributed by atoms with Gasteiger partial charge >= 0.3 is 0 Å². The number of hydrazine groups is 1. The van der Waals surface area contributed by atoms with E-state index >= 15 is 0 Å². The Labute approximate surface area is 147 Å². The number of hydrogen-bond donors (Lipinski definition) is 3. The Morgan fingerprint density at radius 3 is 2.28 bits per heavy atom. The van der Waals surface area contributed by atoms with E-state index in [-0.39, 0.29) is 4.90 Å². The summed E-state index contributed by atoms with van der Waals surface area (Å²) in [5.41, 5.74) is 10.8. The minimum atomic E-state index is -3.70. The molecule has 0 bridgehead atoms. The Kier molecular flexibility index (Phi) is 4.89. The summed E-state index contributed by atoms with van der Waals surface area (Å²) in [5.74, 6) is 0. The molecule has 5 N–H and O–H groups in total. The van der Waals surface area contributed by atoms with Gasteiger partial charge in [0.25, 0.3) is 0 Å². The van der Waals surface area contributed by atoms with Crippen molar-refractivity contribution in [3.8, 4) is 0 Å². The van der Waals surface area contributed by atoms with Gasteiger partial charge in [-0.15, -0.1) is 0 Å². The second-order valence-corrected chi connectivity index (χ2v) is 7.18. The van der Waals surface area contributed by atoms with E-state index in [0.717, 1.165) is 22.1 Å². The zero-order valence-corrected chi connectivity index (χ0v) is 14.4. The maximum absolute atomic E-state index is 11.4. The van der Waals surface area contributed by atoms with Crippen molar-refractivity contribution in [2.24, 2.45) is 10.9 Å². The number of nitrogens with one attached hydrogen (secondary N) is 1. The summed E-state index contributed by atoms with van der Waals surface area (Å²) < 4.78 is 22.7. The predicted octanol–water partition coefficient (Wildman–Crippen LogP) is 2.28. The molecule has 130 valence electrons. The summed E-state index contributed by atoms with van der Waals surface area (Å²) in [6, 6.07) is 20.5. The number of fused-ring (bicyclic) bond motifs is 1. The molecular weight excluding hydrogens is 336 g/mol. The van der Waals surface area contributed by atoms with Crippen LogP contribution in [0.5, 0.6) is 0 Å². The number of benzene rings is 3. The Morgan fingerprint density at radius 1 is 0.920 bits per heavy atom. The minimum absolute atomic E-state index is 0.0774. The van der Waals surface area contributed by atoms with Gasteiger partial charge in [0.15, 0.2) is 0 Å². The summed E-state index contributed by atoms with van der Waals surface area (Å²) in [5, 5.41) is 9.32. The molecule has 0 saturated heterocycles. The summed E-state index contributed by atoms with van der Waals surface area (Å²) in [6.07, 6.45) is 0. The summed E-state index contributed by atoms with van der Waals surface area (Å²) in [6.45, 7) is 1.05. The third-order valence-electron chi connectivity index (χ3n) is 3.86. The fraction of sp³-hybridized carbons (Fsp3) is 0.111. The van der Waals surface area contributed by atoms with Gasteiger partial charge in [0, 0.05) is 11.9 Å². The van der Waals surface area contributed by atoms with Crippen molar-refractivity contribution in [3.63, 3.8) is 0 Å². The van der Waals surface area contributed by atoms with Gasteiger partial charge in [-0.2, -0.15) is 0 Å². The highest BCUT2D eigenvalue weighted by Gasteiger charge is 2.11. The highest BCUT2D eigenvalue weighted by molar-refractivity contribution is 7.89. The molecule has 0 fully saturated rings. The molecule has 0 heterocycles. The molecule has 0 unspecified atom stereocenters. The van der Waals surface area contributed by atoms with Crippen LogP contribution in [0.15, 0.2) is 71.6 Å². The van der Waals surface area contributed by atoms with Crippen LogP contribution in [0.25, 0.3) is 10.8 Å². The second-order valence-electron chi connectivity index (χ2n) is 5.62. The first-order valence-electron chi connectivity index (χ1n) is 7.84. The van der Waals surface area contributed by atoms with Gasteiger partial charge in [-0.05, 0) is 35.7 Å². The van der Waals surface area contributed by atoms with Crippen LogP contribution >= 0.6 is 0 Å². The van der Waals surface area contributed by atoms with Crippen molar-refractivity contribution in [1.82, 2.24) is 0 Å². The van der Waals surface area contributed by atoms with Crippen LogP contribution in [0.2, 0.25) is 0 Å². The predicted molar refractivity (Wildman–Crippen MR) is 102 cm³/mol. The highest BCUT2D eigenvalue weighted by atomic mass is 32.2. The van der Waals surface area contributed by atoms with Crippen molar-refractivity contribution >= 4 is 32.2 Å². The zero-order chi connectivity index (χ0) is 17.9. The lowest BCUT2D eigenvalue weighted by Gasteiger charge is -2.27. The molecule has 0 radical (unpaired) electrons. The Morgan fingerprint density at radius 2 is 1.60 bits per heavy atom. The van der Waals surface area contributed by atoms with E-state index in [9.17, 15) is 8.42 Å². The van der Waals surface area contributed by atoms with E-state index in [4.69, 9.17) is 10.9 Å². The van der Waals surface area contributed by atoms with Crippen LogP contribution in [-0.4, -0.2) is 21.5 Å². The molecule has 0 amide bonds. The summed E-state index contributed by atoms with van der Waals surface area (Å²) in [7, 11) is -3.70. The van der Waals surface area contributed by atoms with Gasteiger partial charge < -0.3 is 5.73 Å². The lowest BCUT2D eigenvalue weighted by molar-refractivity contribution is 0.598. The molecule has 3 rings (SSSR count). The van der Waals surface area contributed by atoms with Crippen LogP contribution in [0.4, 0.5) is 11.4 Å². The van der Waals surface area contributed by atoms with Gasteiger partial charge in [0.1, 0.15) is 0 Å². The number of nitrogens with two attached hydrogens (primary N) is 2. The average molecular weight is 356 g/mol. The number of nitrogens with zero attached hydrogens (tertiary/aromatic N) is 1. The van der Waals surface area contributed by atoms with Crippen molar-refractivity contribution in [2.45, 2.75) is 4.90 Å². The minimum Gasteiger partial charge on any atom is -0.329 e. The Bertz CT molecular complexity index is 967. The highest BCUT2D eigenvalue weighted by Crippen LogP contribution is 2.27. The second kappa shape index (κ2) is 7.10. The fourth-order valence-corrected chi connectivity index (χ4v) is 3.20.